The average molecular weight is 176 g/mol. The summed E-state index contributed by atoms with van der Waals surface area (Å²) >= 11 is 0. The summed E-state index contributed by atoms with van der Waals surface area (Å²) in [6.07, 6.45) is 3.63. The fourth-order valence-corrected chi connectivity index (χ4v) is 1.51. The minimum atomic E-state index is 0.643. The topological polar surface area (TPSA) is 18.5 Å². The number of fused-ring (bicyclic) bond motifs is 1. The van der Waals surface area contributed by atoms with Crippen molar-refractivity contribution in [3.05, 3.63) is 42.0 Å². The van der Waals surface area contributed by atoms with Gasteiger partial charge in [-0.3, -0.25) is 0 Å². The van der Waals surface area contributed by atoms with E-state index in [1.54, 1.807) is 0 Å². The van der Waals surface area contributed by atoms with Crippen LogP contribution in [0.3, 0.4) is 0 Å². The minimum Gasteiger partial charge on any atom is -0.337 e. The van der Waals surface area contributed by atoms with Crippen molar-refractivity contribution in [2.45, 2.75) is 12.8 Å². The van der Waals surface area contributed by atoms with Gasteiger partial charge >= 0.3 is 0 Å². The van der Waals surface area contributed by atoms with Gasteiger partial charge in [0.15, 0.2) is 5.75 Å². The first kappa shape index (κ1) is 8.32. The fourth-order valence-electron chi connectivity index (χ4n) is 1.51. The lowest BCUT2D eigenvalue weighted by molar-refractivity contribution is -0.215. The van der Waals surface area contributed by atoms with Gasteiger partial charge in [0.2, 0.25) is 0 Å². The highest BCUT2D eigenvalue weighted by atomic mass is 17.2. The van der Waals surface area contributed by atoms with Crippen molar-refractivity contribution in [1.29, 1.82) is 0 Å². The molecule has 0 amide bonds. The van der Waals surface area contributed by atoms with E-state index in [-0.39, 0.29) is 0 Å². The number of benzene rings is 1. The first-order chi connectivity index (χ1) is 6.42. The molecular formula is C11H12O2. The summed E-state index contributed by atoms with van der Waals surface area (Å²) in [5, 5.41) is 0. The molecule has 0 radical (unpaired) electrons. The van der Waals surface area contributed by atoms with Crippen LogP contribution in [0.2, 0.25) is 0 Å². The third-order valence-electron chi connectivity index (χ3n) is 2.14. The smallest absolute Gasteiger partial charge is 0.172 e. The van der Waals surface area contributed by atoms with E-state index in [1.807, 2.05) is 18.2 Å². The van der Waals surface area contributed by atoms with Crippen molar-refractivity contribution in [3.63, 3.8) is 0 Å². The molecule has 0 atom stereocenters. The van der Waals surface area contributed by atoms with E-state index < -0.39 is 0 Å². The maximum absolute atomic E-state index is 5.16. The molecule has 0 aliphatic carbocycles. The zero-order valence-electron chi connectivity index (χ0n) is 7.45. The van der Waals surface area contributed by atoms with Crippen LogP contribution in [0.1, 0.15) is 11.1 Å². The normalized spacial score (nSPS) is 14.5. The monoisotopic (exact) mass is 176 g/mol. The van der Waals surface area contributed by atoms with Crippen LogP contribution in [-0.4, -0.2) is 6.61 Å². The zero-order chi connectivity index (χ0) is 9.10. The van der Waals surface area contributed by atoms with Gasteiger partial charge < -0.3 is 4.89 Å². The summed E-state index contributed by atoms with van der Waals surface area (Å²) in [4.78, 5) is 10.1. The molecule has 1 heterocycles. The number of hydrogen-bond donors (Lipinski definition) is 0. The van der Waals surface area contributed by atoms with Gasteiger partial charge in [-0.2, -0.15) is 4.89 Å². The van der Waals surface area contributed by atoms with Gasteiger partial charge in [-0.15, -0.1) is 6.58 Å². The Kier molecular flexibility index (Phi) is 2.32. The van der Waals surface area contributed by atoms with Crippen molar-refractivity contribution in [2.75, 3.05) is 6.61 Å². The van der Waals surface area contributed by atoms with E-state index in [0.29, 0.717) is 6.61 Å². The first-order valence-electron chi connectivity index (χ1n) is 4.43. The Bertz CT molecular complexity index is 318. The second-order valence-electron chi connectivity index (χ2n) is 3.05. The summed E-state index contributed by atoms with van der Waals surface area (Å²) in [5.74, 6) is 0.883. The highest BCUT2D eigenvalue weighted by molar-refractivity contribution is 5.42. The lowest BCUT2D eigenvalue weighted by Crippen LogP contribution is -2.12. The Morgan fingerprint density at radius 2 is 2.38 bits per heavy atom. The second kappa shape index (κ2) is 3.62. The number of hydrogen-bond acceptors (Lipinski definition) is 2. The molecule has 2 heteroatoms. The van der Waals surface area contributed by atoms with E-state index in [0.717, 1.165) is 24.2 Å². The molecule has 2 nitrogen and oxygen atoms in total. The maximum Gasteiger partial charge on any atom is 0.172 e. The standard InChI is InChI=1S/C11H12O2/c1-2-4-9-5-3-6-10-7-8-12-13-11(9)10/h2-3,5-6H,1,4,7-8H2. The zero-order valence-corrected chi connectivity index (χ0v) is 7.45. The van der Waals surface area contributed by atoms with Gasteiger partial charge in [0.1, 0.15) is 0 Å². The molecule has 0 unspecified atom stereocenters. The van der Waals surface area contributed by atoms with Gasteiger partial charge in [-0.25, -0.2) is 0 Å². The van der Waals surface area contributed by atoms with Crippen LogP contribution in [0.4, 0.5) is 0 Å². The molecule has 1 aliphatic heterocycles. The van der Waals surface area contributed by atoms with Gasteiger partial charge in [-0.05, 0) is 6.42 Å². The molecule has 0 aromatic heterocycles. The molecule has 0 fully saturated rings. The predicted octanol–water partition coefficient (Wildman–Crippen LogP) is 2.28. The predicted molar refractivity (Wildman–Crippen MR) is 50.6 cm³/mol. The minimum absolute atomic E-state index is 0.643. The van der Waals surface area contributed by atoms with Crippen LogP contribution in [-0.2, 0) is 17.7 Å². The molecule has 0 spiro atoms. The van der Waals surface area contributed by atoms with Crippen molar-refractivity contribution in [1.82, 2.24) is 0 Å². The highest BCUT2D eigenvalue weighted by Crippen LogP contribution is 2.28. The van der Waals surface area contributed by atoms with Crippen LogP contribution in [0.25, 0.3) is 0 Å². The lowest BCUT2D eigenvalue weighted by atomic mass is 10.0. The molecule has 2 rings (SSSR count). The maximum atomic E-state index is 5.16. The summed E-state index contributed by atoms with van der Waals surface area (Å²) in [6, 6.07) is 6.16. The summed E-state index contributed by atoms with van der Waals surface area (Å²) in [5.41, 5.74) is 2.37. The van der Waals surface area contributed by atoms with Crippen molar-refractivity contribution >= 4 is 0 Å². The van der Waals surface area contributed by atoms with E-state index >= 15 is 0 Å². The molecule has 1 aliphatic rings. The van der Waals surface area contributed by atoms with Gasteiger partial charge in [0.05, 0.1) is 6.61 Å². The summed E-state index contributed by atoms with van der Waals surface area (Å²) < 4.78 is 0. The first-order valence-corrected chi connectivity index (χ1v) is 4.43. The Labute approximate surface area is 77.7 Å². The van der Waals surface area contributed by atoms with E-state index in [9.17, 15) is 0 Å². The third-order valence-corrected chi connectivity index (χ3v) is 2.14. The van der Waals surface area contributed by atoms with Crippen LogP contribution in [0.15, 0.2) is 30.9 Å². The van der Waals surface area contributed by atoms with Gasteiger partial charge in [0.25, 0.3) is 0 Å². The Balaban J connectivity index is 2.39. The molecule has 13 heavy (non-hydrogen) atoms. The van der Waals surface area contributed by atoms with E-state index in [2.05, 4.69) is 12.6 Å². The average Bonchev–Trinajstić information content (AvgIpc) is 2.19. The Morgan fingerprint density at radius 3 is 3.23 bits per heavy atom. The van der Waals surface area contributed by atoms with E-state index in [1.165, 1.54) is 5.56 Å². The van der Waals surface area contributed by atoms with Gasteiger partial charge in [0, 0.05) is 17.5 Å². The molecule has 0 N–H and O–H groups in total. The number of allylic oxidation sites excluding steroid dienone is 1. The largest absolute Gasteiger partial charge is 0.337 e. The second-order valence-corrected chi connectivity index (χ2v) is 3.05. The van der Waals surface area contributed by atoms with Crippen LogP contribution < -0.4 is 4.89 Å². The Morgan fingerprint density at radius 1 is 1.46 bits per heavy atom. The van der Waals surface area contributed by atoms with Crippen LogP contribution in [0, 0.1) is 0 Å². The van der Waals surface area contributed by atoms with Crippen molar-refractivity contribution < 1.29 is 9.78 Å². The van der Waals surface area contributed by atoms with Crippen molar-refractivity contribution in [2.24, 2.45) is 0 Å². The quantitative estimate of drug-likeness (QED) is 0.508. The number of para-hydroxylation sites is 1. The molecular weight excluding hydrogens is 164 g/mol. The lowest BCUT2D eigenvalue weighted by Gasteiger charge is -2.17. The molecule has 0 saturated carbocycles. The van der Waals surface area contributed by atoms with Gasteiger partial charge in [-0.1, -0.05) is 24.3 Å². The van der Waals surface area contributed by atoms with E-state index in [4.69, 9.17) is 9.78 Å². The highest BCUT2D eigenvalue weighted by Gasteiger charge is 2.14. The molecule has 1 aromatic carbocycles. The third kappa shape index (κ3) is 1.58. The van der Waals surface area contributed by atoms with Crippen LogP contribution >= 0.6 is 0 Å². The molecule has 68 valence electrons. The molecule has 0 bridgehead atoms. The van der Waals surface area contributed by atoms with Crippen LogP contribution in [0.5, 0.6) is 5.75 Å². The molecule has 1 aromatic rings. The SMILES string of the molecule is C=CCc1cccc2c1OOCC2. The Hall–Kier alpha value is -1.28. The molecule has 0 saturated heterocycles. The summed E-state index contributed by atoms with van der Waals surface area (Å²) in [6.45, 7) is 4.35. The summed E-state index contributed by atoms with van der Waals surface area (Å²) in [7, 11) is 0. The number of rotatable bonds is 2. The fraction of sp³-hybridized carbons (Fsp3) is 0.273. The van der Waals surface area contributed by atoms with Crippen molar-refractivity contribution in [3.8, 4) is 5.75 Å².